The van der Waals surface area contributed by atoms with Crippen molar-refractivity contribution >= 4 is 0 Å². The molecule has 2 aliphatic heterocycles. The molecule has 2 saturated heterocycles. The van der Waals surface area contributed by atoms with E-state index in [9.17, 15) is 5.11 Å². The van der Waals surface area contributed by atoms with Gasteiger partial charge in [0.15, 0.2) is 12.5 Å². The molecule has 0 radical (unpaired) electrons. The van der Waals surface area contributed by atoms with Gasteiger partial charge in [0.2, 0.25) is 0 Å². The van der Waals surface area contributed by atoms with Crippen molar-refractivity contribution in [3.05, 3.63) is 40.3 Å². The monoisotopic (exact) mass is 322 g/mol. The van der Waals surface area contributed by atoms with E-state index in [0.29, 0.717) is 0 Å². The van der Waals surface area contributed by atoms with Crippen molar-refractivity contribution < 1.29 is 24.1 Å². The van der Waals surface area contributed by atoms with Crippen molar-refractivity contribution in [1.82, 2.24) is 0 Å². The Morgan fingerprint density at radius 1 is 1.35 bits per heavy atom. The second kappa shape index (κ2) is 6.71. The highest BCUT2D eigenvalue weighted by Gasteiger charge is 2.47. The third kappa shape index (κ3) is 3.11. The molecule has 9 nitrogen and oxygen atoms in total. The number of methoxy groups -OCH3 is 1. The molecule has 0 amide bonds. The third-order valence-electron chi connectivity index (χ3n) is 3.99. The average Bonchev–Trinajstić information content (AvgIpc) is 2.59. The first kappa shape index (κ1) is 16.0. The highest BCUT2D eigenvalue weighted by atomic mass is 16.7. The highest BCUT2D eigenvalue weighted by molar-refractivity contribution is 5.28. The molecular weight excluding hydrogens is 304 g/mol. The van der Waals surface area contributed by atoms with Gasteiger partial charge in [0.1, 0.15) is 24.1 Å². The van der Waals surface area contributed by atoms with E-state index in [1.807, 2.05) is 12.1 Å². The largest absolute Gasteiger partial charge is 0.497 e. The molecule has 2 aliphatic rings. The fourth-order valence-electron chi connectivity index (χ4n) is 2.71. The lowest BCUT2D eigenvalue weighted by Crippen LogP contribution is -2.63. The Hall–Kier alpha value is -1.87. The van der Waals surface area contributed by atoms with Crippen LogP contribution in [0.3, 0.4) is 0 Å². The van der Waals surface area contributed by atoms with Crippen molar-refractivity contribution in [3.63, 3.8) is 0 Å². The Kier molecular flexibility index (Phi) is 4.67. The van der Waals surface area contributed by atoms with Gasteiger partial charge >= 0.3 is 0 Å². The summed E-state index contributed by atoms with van der Waals surface area (Å²) in [6.07, 6.45) is -3.80. The van der Waals surface area contributed by atoms with E-state index >= 15 is 0 Å². The molecule has 0 bridgehead atoms. The smallest absolute Gasteiger partial charge is 0.184 e. The maximum atomic E-state index is 10.3. The minimum Gasteiger partial charge on any atom is -0.497 e. The second-order valence-corrected chi connectivity index (χ2v) is 5.38. The Morgan fingerprint density at radius 3 is 2.74 bits per heavy atom. The van der Waals surface area contributed by atoms with Gasteiger partial charge in [-0.25, -0.2) is 0 Å². The number of nitrogens with two attached hydrogens (primary N) is 1. The molecule has 3 N–H and O–H groups in total. The van der Waals surface area contributed by atoms with Crippen LogP contribution in [0.4, 0.5) is 0 Å². The molecule has 0 spiro atoms. The van der Waals surface area contributed by atoms with Gasteiger partial charge in [-0.1, -0.05) is 17.2 Å². The minimum absolute atomic E-state index is 0.197. The molecule has 124 valence electrons. The topological polar surface area (TPSA) is 132 Å². The summed E-state index contributed by atoms with van der Waals surface area (Å²) in [4.78, 5) is 2.68. The van der Waals surface area contributed by atoms with Crippen LogP contribution in [0, 0.1) is 0 Å². The van der Waals surface area contributed by atoms with Crippen LogP contribution >= 0.6 is 0 Å². The fraction of sp³-hybridized carbons (Fsp3) is 0.571. The fourth-order valence-corrected chi connectivity index (χ4v) is 2.71. The Labute approximate surface area is 132 Å². The van der Waals surface area contributed by atoms with Crippen molar-refractivity contribution in [3.8, 4) is 5.75 Å². The first-order valence-corrected chi connectivity index (χ1v) is 7.18. The first-order chi connectivity index (χ1) is 11.1. The lowest BCUT2D eigenvalue weighted by Gasteiger charge is -2.46. The van der Waals surface area contributed by atoms with Crippen LogP contribution in [0.25, 0.3) is 10.4 Å². The molecule has 0 aliphatic carbocycles. The number of benzene rings is 1. The quantitative estimate of drug-likeness (QED) is 0.481. The summed E-state index contributed by atoms with van der Waals surface area (Å²) in [6.45, 7) is 0.197. The first-order valence-electron chi connectivity index (χ1n) is 7.18. The number of hydrogen-bond acceptors (Lipinski definition) is 7. The number of ether oxygens (including phenoxy) is 4. The molecule has 3 rings (SSSR count). The highest BCUT2D eigenvalue weighted by Crippen LogP contribution is 2.34. The Balaban J connectivity index is 1.73. The van der Waals surface area contributed by atoms with E-state index in [-0.39, 0.29) is 6.61 Å². The minimum atomic E-state index is -1.02. The standard InChI is InChI=1S/C14H18N4O5/c1-20-8-4-2-7(3-5-8)14-21-6-9-12(23-14)11(19)10(15)13(22-9)17-18-16/h2-5,9-14,19H,6,15H2,1H3/t9?,10?,11-,12-,13-,14?/m1/s1. The average molecular weight is 322 g/mol. The van der Waals surface area contributed by atoms with Crippen LogP contribution in [0.15, 0.2) is 29.4 Å². The van der Waals surface area contributed by atoms with E-state index in [1.54, 1.807) is 19.2 Å². The summed E-state index contributed by atoms with van der Waals surface area (Å²) >= 11 is 0. The number of azide groups is 1. The van der Waals surface area contributed by atoms with Gasteiger partial charge in [0, 0.05) is 10.5 Å². The van der Waals surface area contributed by atoms with Crippen LogP contribution in [0.2, 0.25) is 0 Å². The van der Waals surface area contributed by atoms with Crippen molar-refractivity contribution in [2.75, 3.05) is 13.7 Å². The molecule has 1 aromatic carbocycles. The van der Waals surface area contributed by atoms with Gasteiger partial charge in [-0.3, -0.25) is 0 Å². The maximum Gasteiger partial charge on any atom is 0.184 e. The summed E-state index contributed by atoms with van der Waals surface area (Å²) in [7, 11) is 1.59. The summed E-state index contributed by atoms with van der Waals surface area (Å²) in [6, 6.07) is 6.38. The lowest BCUT2D eigenvalue weighted by atomic mass is 9.96. The summed E-state index contributed by atoms with van der Waals surface area (Å²) in [5.41, 5.74) is 15.2. The van der Waals surface area contributed by atoms with E-state index < -0.39 is 36.9 Å². The van der Waals surface area contributed by atoms with Crippen LogP contribution in [-0.2, 0) is 14.2 Å². The molecule has 0 saturated carbocycles. The number of fused-ring (bicyclic) bond motifs is 1. The molecule has 6 atom stereocenters. The van der Waals surface area contributed by atoms with Crippen molar-refractivity contribution in [2.24, 2.45) is 10.8 Å². The van der Waals surface area contributed by atoms with Gasteiger partial charge in [-0.05, 0) is 17.7 Å². The maximum absolute atomic E-state index is 10.3. The van der Waals surface area contributed by atoms with Crippen molar-refractivity contribution in [2.45, 2.75) is 36.9 Å². The number of nitrogens with zero attached hydrogens (tertiary/aromatic N) is 3. The molecule has 9 heteroatoms. The van der Waals surface area contributed by atoms with E-state index in [2.05, 4.69) is 10.0 Å². The van der Waals surface area contributed by atoms with E-state index in [1.165, 1.54) is 0 Å². The number of aliphatic hydroxyl groups excluding tert-OH is 1. The Bertz CT molecular complexity index is 589. The molecule has 23 heavy (non-hydrogen) atoms. The zero-order valence-electron chi connectivity index (χ0n) is 12.5. The Morgan fingerprint density at radius 2 is 2.09 bits per heavy atom. The van der Waals surface area contributed by atoms with Gasteiger partial charge in [0.05, 0.1) is 19.8 Å². The number of hydrogen-bond donors (Lipinski definition) is 2. The van der Waals surface area contributed by atoms with E-state index in [4.69, 9.17) is 30.2 Å². The molecule has 3 unspecified atom stereocenters. The molecular formula is C14H18N4O5. The predicted molar refractivity (Wildman–Crippen MR) is 78.3 cm³/mol. The summed E-state index contributed by atoms with van der Waals surface area (Å²) in [5, 5.41) is 13.8. The molecule has 2 heterocycles. The lowest BCUT2D eigenvalue weighted by molar-refractivity contribution is -0.312. The third-order valence-corrected chi connectivity index (χ3v) is 3.99. The van der Waals surface area contributed by atoms with Crippen LogP contribution in [0.1, 0.15) is 11.9 Å². The van der Waals surface area contributed by atoms with Gasteiger partial charge in [-0.2, -0.15) is 0 Å². The predicted octanol–water partition coefficient (Wildman–Crippen LogP) is 0.833. The van der Waals surface area contributed by atoms with Crippen LogP contribution in [0.5, 0.6) is 5.75 Å². The summed E-state index contributed by atoms with van der Waals surface area (Å²) in [5.74, 6) is 0.725. The molecule has 0 aromatic heterocycles. The molecule has 2 fully saturated rings. The SMILES string of the molecule is COc1ccc(C2OCC3O[C@@H](N=[N+]=[N-])C(N)[C@@H](O)[C@@H]3O2)cc1. The molecule has 1 aromatic rings. The van der Waals surface area contributed by atoms with E-state index in [0.717, 1.165) is 11.3 Å². The second-order valence-electron chi connectivity index (χ2n) is 5.38. The summed E-state index contributed by atoms with van der Waals surface area (Å²) < 4.78 is 22.1. The zero-order valence-corrected chi connectivity index (χ0v) is 12.5. The number of aliphatic hydroxyl groups is 1. The van der Waals surface area contributed by atoms with Crippen LogP contribution < -0.4 is 10.5 Å². The normalized spacial score (nSPS) is 36.7. The van der Waals surface area contributed by atoms with Gasteiger partial charge in [0.25, 0.3) is 0 Å². The van der Waals surface area contributed by atoms with Crippen LogP contribution in [-0.4, -0.2) is 49.4 Å². The van der Waals surface area contributed by atoms with Crippen molar-refractivity contribution in [1.29, 1.82) is 0 Å². The zero-order chi connectivity index (χ0) is 16.4. The van der Waals surface area contributed by atoms with Gasteiger partial charge < -0.3 is 29.8 Å². The van der Waals surface area contributed by atoms with Gasteiger partial charge in [-0.15, -0.1) is 0 Å². The number of rotatable bonds is 3.